The Morgan fingerprint density at radius 2 is 1.90 bits per heavy atom. The molecule has 1 heterocycles. The zero-order chi connectivity index (χ0) is 15.5. The average molecular weight is 320 g/mol. The minimum absolute atomic E-state index is 0.226. The van der Waals surface area contributed by atoms with Crippen LogP contribution in [-0.4, -0.2) is 11.5 Å². The highest BCUT2D eigenvalue weighted by molar-refractivity contribution is 7.11. The van der Waals surface area contributed by atoms with Crippen molar-refractivity contribution in [2.45, 2.75) is 64.6 Å². The minimum atomic E-state index is -4.35. The van der Waals surface area contributed by atoms with Gasteiger partial charge in [0.1, 0.15) is 0 Å². The Hall–Kier alpha value is -0.620. The van der Waals surface area contributed by atoms with Crippen molar-refractivity contribution in [1.82, 2.24) is 10.3 Å². The van der Waals surface area contributed by atoms with Crippen LogP contribution in [0.2, 0.25) is 0 Å². The average Bonchev–Trinajstić information content (AvgIpc) is 2.83. The van der Waals surface area contributed by atoms with Gasteiger partial charge in [-0.05, 0) is 25.3 Å². The molecule has 1 saturated carbocycles. The van der Waals surface area contributed by atoms with Crippen molar-refractivity contribution in [2.24, 2.45) is 5.92 Å². The SMILES string of the molecule is CC(C)CNCc1sc(C2CCCCC2)nc1C(F)(F)F. The maximum Gasteiger partial charge on any atom is 0.434 e. The van der Waals surface area contributed by atoms with Crippen molar-refractivity contribution in [3.05, 3.63) is 15.6 Å². The minimum Gasteiger partial charge on any atom is -0.312 e. The van der Waals surface area contributed by atoms with E-state index in [2.05, 4.69) is 10.3 Å². The van der Waals surface area contributed by atoms with E-state index >= 15 is 0 Å². The van der Waals surface area contributed by atoms with Crippen LogP contribution < -0.4 is 5.32 Å². The summed E-state index contributed by atoms with van der Waals surface area (Å²) in [6.45, 7) is 5.06. The lowest BCUT2D eigenvalue weighted by Gasteiger charge is -2.18. The van der Waals surface area contributed by atoms with Crippen molar-refractivity contribution in [1.29, 1.82) is 0 Å². The number of alkyl halides is 3. The number of hydrogen-bond donors (Lipinski definition) is 1. The zero-order valence-corrected chi connectivity index (χ0v) is 13.4. The molecule has 2 nitrogen and oxygen atoms in total. The van der Waals surface area contributed by atoms with Crippen LogP contribution in [-0.2, 0) is 12.7 Å². The Balaban J connectivity index is 2.14. The number of aromatic nitrogens is 1. The molecular formula is C15H23F3N2S. The lowest BCUT2D eigenvalue weighted by molar-refractivity contribution is -0.141. The van der Waals surface area contributed by atoms with Gasteiger partial charge in [-0.25, -0.2) is 4.98 Å². The molecule has 0 unspecified atom stereocenters. The summed E-state index contributed by atoms with van der Waals surface area (Å²) >= 11 is 1.25. The molecule has 0 radical (unpaired) electrons. The van der Waals surface area contributed by atoms with Gasteiger partial charge in [0, 0.05) is 12.5 Å². The van der Waals surface area contributed by atoms with Gasteiger partial charge in [-0.3, -0.25) is 0 Å². The second-order valence-electron chi connectivity index (χ2n) is 6.18. The van der Waals surface area contributed by atoms with Crippen LogP contribution in [0.4, 0.5) is 13.2 Å². The lowest BCUT2D eigenvalue weighted by atomic mass is 9.90. The lowest BCUT2D eigenvalue weighted by Crippen LogP contribution is -2.20. The van der Waals surface area contributed by atoms with E-state index in [9.17, 15) is 13.2 Å². The Morgan fingerprint density at radius 3 is 2.48 bits per heavy atom. The Morgan fingerprint density at radius 1 is 1.24 bits per heavy atom. The first-order valence-corrected chi connectivity index (χ1v) is 8.47. The summed E-state index contributed by atoms with van der Waals surface area (Å²) in [4.78, 5) is 4.29. The Kier molecular flexibility index (Phi) is 5.66. The van der Waals surface area contributed by atoms with Gasteiger partial charge < -0.3 is 5.32 Å². The van der Waals surface area contributed by atoms with Crippen LogP contribution >= 0.6 is 11.3 Å². The molecule has 6 heteroatoms. The smallest absolute Gasteiger partial charge is 0.312 e. The van der Waals surface area contributed by atoms with E-state index in [4.69, 9.17) is 0 Å². The molecule has 0 amide bonds. The highest BCUT2D eigenvalue weighted by atomic mass is 32.1. The van der Waals surface area contributed by atoms with E-state index in [1.807, 2.05) is 13.8 Å². The second-order valence-corrected chi connectivity index (χ2v) is 7.30. The molecule has 1 aromatic heterocycles. The molecule has 120 valence electrons. The number of hydrogen-bond acceptors (Lipinski definition) is 3. The molecule has 0 bridgehead atoms. The van der Waals surface area contributed by atoms with Gasteiger partial charge in [-0.2, -0.15) is 13.2 Å². The highest BCUT2D eigenvalue weighted by Crippen LogP contribution is 2.40. The Bertz CT molecular complexity index is 448. The van der Waals surface area contributed by atoms with Crippen LogP contribution in [0.25, 0.3) is 0 Å². The molecule has 0 spiro atoms. The van der Waals surface area contributed by atoms with E-state index in [0.29, 0.717) is 22.3 Å². The first kappa shape index (κ1) is 16.7. The summed E-state index contributed by atoms with van der Waals surface area (Å²) in [5, 5.41) is 3.78. The van der Waals surface area contributed by atoms with E-state index in [1.165, 1.54) is 17.8 Å². The maximum atomic E-state index is 13.1. The molecule has 1 fully saturated rings. The van der Waals surface area contributed by atoms with Crippen molar-refractivity contribution in [3.63, 3.8) is 0 Å². The van der Waals surface area contributed by atoms with Crippen molar-refractivity contribution < 1.29 is 13.2 Å². The predicted molar refractivity (Wildman–Crippen MR) is 79.5 cm³/mol. The molecule has 0 aromatic carbocycles. The van der Waals surface area contributed by atoms with Gasteiger partial charge in [0.05, 0.1) is 9.88 Å². The van der Waals surface area contributed by atoms with Crippen LogP contribution in [0.3, 0.4) is 0 Å². The molecule has 2 rings (SSSR count). The second kappa shape index (κ2) is 7.09. The summed E-state index contributed by atoms with van der Waals surface area (Å²) in [5.74, 6) is 0.647. The maximum absolute atomic E-state index is 13.1. The summed E-state index contributed by atoms with van der Waals surface area (Å²) in [6, 6.07) is 0. The van der Waals surface area contributed by atoms with E-state index in [-0.39, 0.29) is 12.5 Å². The first-order chi connectivity index (χ1) is 9.88. The quantitative estimate of drug-likeness (QED) is 0.830. The topological polar surface area (TPSA) is 24.9 Å². The summed E-state index contributed by atoms with van der Waals surface area (Å²) < 4.78 is 39.4. The van der Waals surface area contributed by atoms with Crippen molar-refractivity contribution >= 4 is 11.3 Å². The predicted octanol–water partition coefficient (Wildman–Crippen LogP) is 4.96. The third-order valence-corrected chi connectivity index (χ3v) is 4.99. The monoisotopic (exact) mass is 320 g/mol. The fourth-order valence-corrected chi connectivity index (χ4v) is 3.93. The van der Waals surface area contributed by atoms with Gasteiger partial charge in [0.2, 0.25) is 0 Å². The van der Waals surface area contributed by atoms with E-state index < -0.39 is 11.9 Å². The molecular weight excluding hydrogens is 297 g/mol. The highest BCUT2D eigenvalue weighted by Gasteiger charge is 2.38. The number of rotatable bonds is 5. The molecule has 1 N–H and O–H groups in total. The van der Waals surface area contributed by atoms with Gasteiger partial charge in [0.15, 0.2) is 5.69 Å². The third kappa shape index (κ3) is 4.68. The largest absolute Gasteiger partial charge is 0.434 e. The zero-order valence-electron chi connectivity index (χ0n) is 12.6. The fourth-order valence-electron chi connectivity index (χ4n) is 2.71. The van der Waals surface area contributed by atoms with Crippen LogP contribution in [0.5, 0.6) is 0 Å². The molecule has 0 atom stereocenters. The van der Waals surface area contributed by atoms with Crippen molar-refractivity contribution in [2.75, 3.05) is 6.54 Å². The molecule has 1 aliphatic rings. The number of thiazole rings is 1. The molecule has 21 heavy (non-hydrogen) atoms. The van der Waals surface area contributed by atoms with Crippen LogP contribution in [0, 0.1) is 5.92 Å². The first-order valence-electron chi connectivity index (χ1n) is 7.65. The number of nitrogens with zero attached hydrogens (tertiary/aromatic N) is 1. The van der Waals surface area contributed by atoms with Gasteiger partial charge in [-0.1, -0.05) is 33.1 Å². The van der Waals surface area contributed by atoms with Gasteiger partial charge >= 0.3 is 6.18 Å². The van der Waals surface area contributed by atoms with E-state index in [0.717, 1.165) is 25.7 Å². The van der Waals surface area contributed by atoms with Crippen LogP contribution in [0.15, 0.2) is 0 Å². The molecule has 0 aliphatic heterocycles. The third-order valence-electron chi connectivity index (χ3n) is 3.77. The molecule has 1 aliphatic carbocycles. The molecule has 0 saturated heterocycles. The number of nitrogens with one attached hydrogen (secondary N) is 1. The van der Waals surface area contributed by atoms with Crippen molar-refractivity contribution in [3.8, 4) is 0 Å². The van der Waals surface area contributed by atoms with Crippen LogP contribution in [0.1, 0.15) is 67.4 Å². The van der Waals surface area contributed by atoms with Gasteiger partial charge in [0.25, 0.3) is 0 Å². The number of halogens is 3. The normalized spacial score (nSPS) is 17.6. The van der Waals surface area contributed by atoms with Gasteiger partial charge in [-0.15, -0.1) is 11.3 Å². The molecule has 1 aromatic rings. The van der Waals surface area contributed by atoms with E-state index in [1.54, 1.807) is 0 Å². The summed E-state index contributed by atoms with van der Waals surface area (Å²) in [5.41, 5.74) is -0.677. The fraction of sp³-hybridized carbons (Fsp3) is 0.800. The summed E-state index contributed by atoms with van der Waals surface area (Å²) in [7, 11) is 0. The summed E-state index contributed by atoms with van der Waals surface area (Å²) in [6.07, 6.45) is 1.00. The standard InChI is InChI=1S/C15H23F3N2S/c1-10(2)8-19-9-12-13(15(16,17)18)20-14(21-12)11-6-4-3-5-7-11/h10-11,19H,3-9H2,1-2H3. The Labute approximate surface area is 128 Å².